The summed E-state index contributed by atoms with van der Waals surface area (Å²) in [5, 5.41) is 0. The zero-order valence-electron chi connectivity index (χ0n) is 12.6. The van der Waals surface area contributed by atoms with Gasteiger partial charge in [0.05, 0.1) is 0 Å². The molecule has 4 nitrogen and oxygen atoms in total. The molecule has 0 saturated carbocycles. The van der Waals surface area contributed by atoms with Crippen LogP contribution < -0.4 is 0 Å². The maximum Gasteiger partial charge on any atom is 0.320 e. The van der Waals surface area contributed by atoms with Crippen molar-refractivity contribution in [2.75, 3.05) is 39.3 Å². The monoisotopic (exact) mass is 267 g/mol. The number of amides is 2. The zero-order valence-corrected chi connectivity index (χ0v) is 12.6. The lowest BCUT2D eigenvalue weighted by Gasteiger charge is -2.39. The molecule has 19 heavy (non-hydrogen) atoms. The number of nitrogens with zero attached hydrogens (tertiary/aromatic N) is 3. The second-order valence-electron chi connectivity index (χ2n) is 5.96. The van der Waals surface area contributed by atoms with Crippen molar-refractivity contribution in [2.45, 2.75) is 52.0 Å². The van der Waals surface area contributed by atoms with E-state index in [0.29, 0.717) is 6.04 Å². The summed E-state index contributed by atoms with van der Waals surface area (Å²) >= 11 is 0. The zero-order chi connectivity index (χ0) is 13.7. The number of carbonyl (C=O) groups is 1. The van der Waals surface area contributed by atoms with Crippen LogP contribution in [0.5, 0.6) is 0 Å². The number of hydrogen-bond donors (Lipinski definition) is 0. The topological polar surface area (TPSA) is 26.8 Å². The first-order valence-electron chi connectivity index (χ1n) is 8.00. The van der Waals surface area contributed by atoms with Gasteiger partial charge < -0.3 is 9.80 Å². The molecule has 1 unspecified atom stereocenters. The Balaban J connectivity index is 1.81. The van der Waals surface area contributed by atoms with Crippen molar-refractivity contribution in [3.05, 3.63) is 0 Å². The van der Waals surface area contributed by atoms with Crippen LogP contribution in [0.2, 0.25) is 0 Å². The fourth-order valence-electron chi connectivity index (χ4n) is 3.07. The molecule has 2 amide bonds. The minimum atomic E-state index is 0.283. The van der Waals surface area contributed by atoms with Crippen molar-refractivity contribution in [3.63, 3.8) is 0 Å². The van der Waals surface area contributed by atoms with Crippen LogP contribution in [-0.4, -0.2) is 66.0 Å². The minimum Gasteiger partial charge on any atom is -0.325 e. The van der Waals surface area contributed by atoms with Crippen molar-refractivity contribution >= 4 is 6.03 Å². The molecular formula is C15H29N3O. The lowest BCUT2D eigenvalue weighted by molar-refractivity contribution is 0.0944. The summed E-state index contributed by atoms with van der Waals surface area (Å²) in [7, 11) is 0. The Labute approximate surface area is 117 Å². The van der Waals surface area contributed by atoms with E-state index in [2.05, 4.69) is 28.5 Å². The van der Waals surface area contributed by atoms with Crippen LogP contribution in [0.4, 0.5) is 4.79 Å². The van der Waals surface area contributed by atoms with Gasteiger partial charge in [0.1, 0.15) is 0 Å². The van der Waals surface area contributed by atoms with Gasteiger partial charge in [-0.2, -0.15) is 0 Å². The van der Waals surface area contributed by atoms with Gasteiger partial charge in [-0.05, 0) is 26.2 Å². The summed E-state index contributed by atoms with van der Waals surface area (Å²) in [5.41, 5.74) is 0. The highest BCUT2D eigenvalue weighted by Crippen LogP contribution is 2.14. The highest BCUT2D eigenvalue weighted by atomic mass is 16.2. The van der Waals surface area contributed by atoms with Crippen LogP contribution in [-0.2, 0) is 0 Å². The van der Waals surface area contributed by atoms with Gasteiger partial charge >= 0.3 is 6.03 Å². The molecular weight excluding hydrogens is 238 g/mol. The first-order valence-corrected chi connectivity index (χ1v) is 8.00. The van der Waals surface area contributed by atoms with Crippen molar-refractivity contribution in [1.82, 2.24) is 14.7 Å². The Kier molecular flexibility index (Phi) is 5.49. The molecule has 2 fully saturated rings. The average Bonchev–Trinajstić information content (AvgIpc) is 2.75. The van der Waals surface area contributed by atoms with Crippen molar-refractivity contribution in [2.24, 2.45) is 0 Å². The molecule has 2 heterocycles. The number of hydrogen-bond acceptors (Lipinski definition) is 2. The van der Waals surface area contributed by atoms with Gasteiger partial charge in [-0.25, -0.2) is 4.79 Å². The molecule has 0 spiro atoms. The molecule has 0 N–H and O–H groups in total. The van der Waals surface area contributed by atoms with Gasteiger partial charge in [0, 0.05) is 45.3 Å². The Morgan fingerprint density at radius 2 is 1.42 bits per heavy atom. The smallest absolute Gasteiger partial charge is 0.320 e. The summed E-state index contributed by atoms with van der Waals surface area (Å²) < 4.78 is 0. The third-order valence-electron chi connectivity index (χ3n) is 4.68. The lowest BCUT2D eigenvalue weighted by atomic mass is 10.2. The minimum absolute atomic E-state index is 0.283. The number of rotatable bonds is 2. The van der Waals surface area contributed by atoms with Crippen LogP contribution >= 0.6 is 0 Å². The number of urea groups is 1. The Hall–Kier alpha value is -0.770. The highest BCUT2D eigenvalue weighted by molar-refractivity contribution is 5.74. The summed E-state index contributed by atoms with van der Waals surface area (Å²) in [5.74, 6) is 0. The highest BCUT2D eigenvalue weighted by Gasteiger charge is 2.26. The number of likely N-dealkylation sites (tertiary alicyclic amines) is 1. The summed E-state index contributed by atoms with van der Waals surface area (Å²) in [4.78, 5) is 19.1. The van der Waals surface area contributed by atoms with Crippen LogP contribution in [0.1, 0.15) is 46.0 Å². The van der Waals surface area contributed by atoms with Gasteiger partial charge in [0.2, 0.25) is 0 Å². The van der Waals surface area contributed by atoms with E-state index in [4.69, 9.17) is 0 Å². The molecule has 1 atom stereocenters. The van der Waals surface area contributed by atoms with Crippen LogP contribution in [0.25, 0.3) is 0 Å². The van der Waals surface area contributed by atoms with E-state index >= 15 is 0 Å². The lowest BCUT2D eigenvalue weighted by Crippen LogP contribution is -2.54. The Bertz CT molecular complexity index is 279. The van der Waals surface area contributed by atoms with Gasteiger partial charge in [-0.3, -0.25) is 4.90 Å². The second-order valence-corrected chi connectivity index (χ2v) is 5.96. The average molecular weight is 267 g/mol. The first kappa shape index (κ1) is 14.6. The maximum atomic E-state index is 12.5. The molecule has 0 aromatic rings. The predicted molar refractivity (Wildman–Crippen MR) is 78.3 cm³/mol. The number of carbonyl (C=O) groups excluding carboxylic acids is 1. The van der Waals surface area contributed by atoms with Crippen LogP contribution in [0, 0.1) is 0 Å². The van der Waals surface area contributed by atoms with Crippen molar-refractivity contribution < 1.29 is 4.79 Å². The Morgan fingerprint density at radius 1 is 0.895 bits per heavy atom. The van der Waals surface area contributed by atoms with Crippen LogP contribution in [0.3, 0.4) is 0 Å². The van der Waals surface area contributed by atoms with E-state index in [0.717, 1.165) is 39.3 Å². The third kappa shape index (κ3) is 3.85. The summed E-state index contributed by atoms with van der Waals surface area (Å²) in [6.07, 6.45) is 6.12. The van der Waals surface area contributed by atoms with Gasteiger partial charge in [-0.1, -0.05) is 19.8 Å². The van der Waals surface area contributed by atoms with E-state index in [1.165, 1.54) is 32.1 Å². The van der Waals surface area contributed by atoms with E-state index in [1.54, 1.807) is 0 Å². The van der Waals surface area contributed by atoms with Gasteiger partial charge in [-0.15, -0.1) is 0 Å². The Morgan fingerprint density at radius 3 is 1.95 bits per heavy atom. The summed E-state index contributed by atoms with van der Waals surface area (Å²) in [6.45, 7) is 10.3. The molecule has 0 aliphatic carbocycles. The maximum absolute atomic E-state index is 12.5. The largest absolute Gasteiger partial charge is 0.325 e. The standard InChI is InChI=1S/C15H29N3O/c1-3-14(2)16-10-12-18(13-11-16)15(19)17-8-6-4-5-7-9-17/h14H,3-13H2,1-2H3. The SMILES string of the molecule is CCC(C)N1CCN(C(=O)N2CCCCCC2)CC1. The summed E-state index contributed by atoms with van der Waals surface area (Å²) in [6, 6.07) is 0.932. The molecule has 0 aromatic heterocycles. The van der Waals surface area contributed by atoms with Crippen molar-refractivity contribution in [1.29, 1.82) is 0 Å². The van der Waals surface area contributed by atoms with E-state index in [1.807, 2.05) is 0 Å². The first-order chi connectivity index (χ1) is 9.22. The van der Waals surface area contributed by atoms with E-state index in [9.17, 15) is 4.79 Å². The third-order valence-corrected chi connectivity index (χ3v) is 4.68. The molecule has 2 aliphatic rings. The normalized spacial score (nSPS) is 24.1. The fourth-order valence-corrected chi connectivity index (χ4v) is 3.07. The predicted octanol–water partition coefficient (Wildman–Crippen LogP) is 2.40. The molecule has 0 radical (unpaired) electrons. The van der Waals surface area contributed by atoms with Crippen molar-refractivity contribution in [3.8, 4) is 0 Å². The molecule has 110 valence electrons. The molecule has 2 rings (SSSR count). The van der Waals surface area contributed by atoms with Gasteiger partial charge in [0.25, 0.3) is 0 Å². The number of piperazine rings is 1. The van der Waals surface area contributed by atoms with E-state index < -0.39 is 0 Å². The fraction of sp³-hybridized carbons (Fsp3) is 0.933. The quantitative estimate of drug-likeness (QED) is 0.768. The van der Waals surface area contributed by atoms with E-state index in [-0.39, 0.29) is 6.03 Å². The molecule has 4 heteroatoms. The molecule has 0 aromatic carbocycles. The molecule has 0 bridgehead atoms. The molecule has 2 saturated heterocycles. The van der Waals surface area contributed by atoms with Gasteiger partial charge in [0.15, 0.2) is 0 Å². The second kappa shape index (κ2) is 7.13. The van der Waals surface area contributed by atoms with Crippen LogP contribution in [0.15, 0.2) is 0 Å². The molecule has 2 aliphatic heterocycles.